The van der Waals surface area contributed by atoms with Crippen LogP contribution in [0.1, 0.15) is 79.1 Å². The van der Waals surface area contributed by atoms with Crippen LogP contribution >= 0.6 is 0 Å². The topological polar surface area (TPSA) is 35.5 Å². The summed E-state index contributed by atoms with van der Waals surface area (Å²) in [7, 11) is 0. The lowest BCUT2D eigenvalue weighted by molar-refractivity contribution is -0.171. The van der Waals surface area contributed by atoms with Gasteiger partial charge in [0.15, 0.2) is 11.6 Å². The van der Waals surface area contributed by atoms with Gasteiger partial charge in [0.25, 0.3) is 0 Å². The van der Waals surface area contributed by atoms with Gasteiger partial charge in [-0.15, -0.1) is 0 Å². The Morgan fingerprint density at radius 2 is 1.96 bits per heavy atom. The zero-order chi connectivity index (χ0) is 17.3. The van der Waals surface area contributed by atoms with E-state index in [2.05, 4.69) is 27.7 Å². The molecule has 0 N–H and O–H groups in total. The SMILES string of the molecule is CC(C)[C@@H]1CC[C@@H](C)[C@H]2OC(C)(CCCC3=CC(=O)CCC3)O[C@H]21. The second-order valence-electron chi connectivity index (χ2n) is 8.74. The summed E-state index contributed by atoms with van der Waals surface area (Å²) in [6.45, 7) is 9.05. The highest BCUT2D eigenvalue weighted by molar-refractivity contribution is 5.91. The minimum atomic E-state index is -0.444. The van der Waals surface area contributed by atoms with Crippen molar-refractivity contribution in [1.29, 1.82) is 0 Å². The first-order valence-corrected chi connectivity index (χ1v) is 9.96. The summed E-state index contributed by atoms with van der Waals surface area (Å²) in [5.41, 5.74) is 1.32. The molecule has 0 aromatic carbocycles. The van der Waals surface area contributed by atoms with Crippen molar-refractivity contribution in [3.63, 3.8) is 0 Å². The number of ketones is 1. The quantitative estimate of drug-likeness (QED) is 0.706. The van der Waals surface area contributed by atoms with Gasteiger partial charge in [-0.25, -0.2) is 0 Å². The molecule has 3 aliphatic rings. The second kappa shape index (κ2) is 7.29. The van der Waals surface area contributed by atoms with Gasteiger partial charge in [-0.1, -0.05) is 26.3 Å². The van der Waals surface area contributed by atoms with Crippen molar-refractivity contribution < 1.29 is 14.3 Å². The molecule has 136 valence electrons. The van der Waals surface area contributed by atoms with E-state index >= 15 is 0 Å². The molecule has 3 rings (SSSR count). The average molecular weight is 335 g/mol. The molecule has 3 nitrogen and oxygen atoms in total. The number of hydrogen-bond donors (Lipinski definition) is 0. The molecule has 1 heterocycles. The van der Waals surface area contributed by atoms with Gasteiger partial charge in [0.2, 0.25) is 0 Å². The Labute approximate surface area is 147 Å². The third-order valence-electron chi connectivity index (χ3n) is 6.30. The molecule has 2 aliphatic carbocycles. The number of ether oxygens (including phenoxy) is 2. The molecule has 2 fully saturated rings. The summed E-state index contributed by atoms with van der Waals surface area (Å²) in [5, 5.41) is 0. The summed E-state index contributed by atoms with van der Waals surface area (Å²) in [6.07, 6.45) is 10.7. The van der Waals surface area contributed by atoms with Crippen LogP contribution in [0, 0.1) is 17.8 Å². The minimum absolute atomic E-state index is 0.256. The van der Waals surface area contributed by atoms with E-state index < -0.39 is 5.79 Å². The minimum Gasteiger partial charge on any atom is -0.344 e. The van der Waals surface area contributed by atoms with Crippen molar-refractivity contribution in [2.45, 2.75) is 97.1 Å². The van der Waals surface area contributed by atoms with Gasteiger partial charge < -0.3 is 9.47 Å². The van der Waals surface area contributed by atoms with Crippen molar-refractivity contribution in [1.82, 2.24) is 0 Å². The van der Waals surface area contributed by atoms with E-state index in [-0.39, 0.29) is 12.2 Å². The van der Waals surface area contributed by atoms with Gasteiger partial charge in [0, 0.05) is 12.8 Å². The van der Waals surface area contributed by atoms with Crippen LogP contribution in [0.3, 0.4) is 0 Å². The summed E-state index contributed by atoms with van der Waals surface area (Å²) in [6, 6.07) is 0. The third kappa shape index (κ3) is 3.94. The Bertz CT molecular complexity index is 495. The van der Waals surface area contributed by atoms with Crippen molar-refractivity contribution in [3.05, 3.63) is 11.6 Å². The molecule has 0 amide bonds. The molecule has 0 bridgehead atoms. The van der Waals surface area contributed by atoms with Crippen LogP contribution in [0.4, 0.5) is 0 Å². The summed E-state index contributed by atoms with van der Waals surface area (Å²) < 4.78 is 12.9. The average Bonchev–Trinajstić information content (AvgIpc) is 2.86. The Morgan fingerprint density at radius 1 is 1.21 bits per heavy atom. The molecule has 0 radical (unpaired) electrons. The molecule has 0 aromatic rings. The van der Waals surface area contributed by atoms with E-state index in [0.29, 0.717) is 23.5 Å². The predicted molar refractivity (Wildman–Crippen MR) is 95.7 cm³/mol. The maximum absolute atomic E-state index is 11.5. The molecular weight excluding hydrogens is 300 g/mol. The molecule has 1 unspecified atom stereocenters. The Morgan fingerprint density at radius 3 is 2.67 bits per heavy atom. The highest BCUT2D eigenvalue weighted by Gasteiger charge is 2.51. The highest BCUT2D eigenvalue weighted by Crippen LogP contribution is 2.46. The van der Waals surface area contributed by atoms with Gasteiger partial charge >= 0.3 is 0 Å². The molecule has 3 heteroatoms. The van der Waals surface area contributed by atoms with Crippen molar-refractivity contribution in [2.75, 3.05) is 0 Å². The smallest absolute Gasteiger partial charge is 0.166 e. The van der Waals surface area contributed by atoms with Crippen molar-refractivity contribution >= 4 is 5.78 Å². The van der Waals surface area contributed by atoms with E-state index in [0.717, 1.165) is 38.5 Å². The molecule has 1 aliphatic heterocycles. The maximum Gasteiger partial charge on any atom is 0.166 e. The molecule has 24 heavy (non-hydrogen) atoms. The maximum atomic E-state index is 11.5. The largest absolute Gasteiger partial charge is 0.344 e. The lowest BCUT2D eigenvalue weighted by Gasteiger charge is -2.37. The first kappa shape index (κ1) is 18.1. The highest BCUT2D eigenvalue weighted by atomic mass is 16.8. The molecule has 1 saturated carbocycles. The molecule has 0 spiro atoms. The van der Waals surface area contributed by atoms with Crippen LogP contribution in [-0.2, 0) is 14.3 Å². The number of hydrogen-bond acceptors (Lipinski definition) is 3. The van der Waals surface area contributed by atoms with E-state index in [4.69, 9.17) is 9.47 Å². The molecular formula is C21H34O3. The van der Waals surface area contributed by atoms with Gasteiger partial charge in [-0.05, 0) is 69.3 Å². The number of carbonyl (C=O) groups is 1. The second-order valence-corrected chi connectivity index (χ2v) is 8.74. The normalized spacial score (nSPS) is 39.9. The van der Waals surface area contributed by atoms with Gasteiger partial charge in [-0.2, -0.15) is 0 Å². The number of fused-ring (bicyclic) bond motifs is 1. The van der Waals surface area contributed by atoms with E-state index in [1.807, 2.05) is 6.08 Å². The van der Waals surface area contributed by atoms with Crippen LogP contribution in [0.2, 0.25) is 0 Å². The van der Waals surface area contributed by atoms with Crippen LogP contribution in [0.5, 0.6) is 0 Å². The van der Waals surface area contributed by atoms with Gasteiger partial charge in [0.05, 0.1) is 12.2 Å². The van der Waals surface area contributed by atoms with Crippen molar-refractivity contribution in [3.8, 4) is 0 Å². The summed E-state index contributed by atoms with van der Waals surface area (Å²) in [5.74, 6) is 1.71. The number of allylic oxidation sites excluding steroid dienone is 2. The van der Waals surface area contributed by atoms with Crippen LogP contribution in [0.25, 0.3) is 0 Å². The fourth-order valence-corrected chi connectivity index (χ4v) is 4.82. The zero-order valence-corrected chi connectivity index (χ0v) is 15.8. The predicted octanol–water partition coefficient (Wildman–Crippen LogP) is 5.04. The van der Waals surface area contributed by atoms with Crippen molar-refractivity contribution in [2.24, 2.45) is 17.8 Å². The molecule has 1 saturated heterocycles. The van der Waals surface area contributed by atoms with E-state index in [1.165, 1.54) is 18.4 Å². The monoisotopic (exact) mass is 334 g/mol. The Hall–Kier alpha value is -0.670. The Kier molecular flexibility index (Phi) is 5.51. The van der Waals surface area contributed by atoms with Crippen LogP contribution in [0.15, 0.2) is 11.6 Å². The fraction of sp³-hybridized carbons (Fsp3) is 0.857. The first-order valence-electron chi connectivity index (χ1n) is 9.96. The molecule has 5 atom stereocenters. The fourth-order valence-electron chi connectivity index (χ4n) is 4.82. The zero-order valence-electron chi connectivity index (χ0n) is 15.8. The third-order valence-corrected chi connectivity index (χ3v) is 6.30. The summed E-state index contributed by atoms with van der Waals surface area (Å²) in [4.78, 5) is 11.5. The molecule has 0 aromatic heterocycles. The summed E-state index contributed by atoms with van der Waals surface area (Å²) >= 11 is 0. The first-order chi connectivity index (χ1) is 11.4. The van der Waals surface area contributed by atoms with Crippen LogP contribution in [-0.4, -0.2) is 23.8 Å². The van der Waals surface area contributed by atoms with Crippen LogP contribution < -0.4 is 0 Å². The van der Waals surface area contributed by atoms with Gasteiger partial charge in [-0.3, -0.25) is 4.79 Å². The Balaban J connectivity index is 1.57. The standard InChI is InChI=1S/C21H34O3/c1-14(2)18-11-10-15(3)19-20(18)24-21(4,23-19)12-6-8-16-7-5-9-17(22)13-16/h13-15,18-20H,5-12H2,1-4H3/t15-,18+,19-,20+,21?/m1/s1. The lowest BCUT2D eigenvalue weighted by Crippen LogP contribution is -2.42. The number of rotatable bonds is 5. The lowest BCUT2D eigenvalue weighted by atomic mass is 9.74. The van der Waals surface area contributed by atoms with Gasteiger partial charge in [0.1, 0.15) is 0 Å². The van der Waals surface area contributed by atoms with E-state index in [1.54, 1.807) is 0 Å². The van der Waals surface area contributed by atoms with E-state index in [9.17, 15) is 4.79 Å². The number of carbonyl (C=O) groups excluding carboxylic acids is 1.